The fraction of sp³-hybridized carbons (Fsp3) is 0.650. The van der Waals surface area contributed by atoms with E-state index in [0.717, 1.165) is 64.3 Å². The number of rotatable bonds is 7. The number of benzene rings is 1. The van der Waals surface area contributed by atoms with Crippen molar-refractivity contribution < 1.29 is 9.53 Å². The Labute approximate surface area is 151 Å². The number of carbonyl (C=O) groups is 1. The molecule has 0 bridgehead atoms. The number of amides is 1. The number of nitrogens with one attached hydrogen (secondary N) is 1. The Hall–Kier alpha value is -1.59. The molecular weight excluding hydrogens is 314 g/mol. The third-order valence-corrected chi connectivity index (χ3v) is 5.12. The molecule has 0 aliphatic carbocycles. The largest absolute Gasteiger partial charge is 0.493 e. The van der Waals surface area contributed by atoms with Gasteiger partial charge in [0.2, 0.25) is 5.91 Å². The quantitative estimate of drug-likeness (QED) is 0.821. The lowest BCUT2D eigenvalue weighted by molar-refractivity contribution is -0.123. The number of ether oxygens (including phenoxy) is 1. The normalized spacial score (nSPS) is 19.3. The van der Waals surface area contributed by atoms with Crippen LogP contribution in [0.3, 0.4) is 0 Å². The average Bonchev–Trinajstić information content (AvgIpc) is 3.04. The Morgan fingerprint density at radius 3 is 2.76 bits per heavy atom. The molecule has 0 radical (unpaired) electrons. The Morgan fingerprint density at radius 2 is 2.00 bits per heavy atom. The van der Waals surface area contributed by atoms with Crippen LogP contribution in [0, 0.1) is 0 Å². The van der Waals surface area contributed by atoms with E-state index in [4.69, 9.17) is 4.74 Å². The van der Waals surface area contributed by atoms with Gasteiger partial charge in [0, 0.05) is 45.2 Å². The van der Waals surface area contributed by atoms with Gasteiger partial charge in [0.25, 0.3) is 0 Å². The van der Waals surface area contributed by atoms with Gasteiger partial charge in [-0.3, -0.25) is 14.6 Å². The summed E-state index contributed by atoms with van der Waals surface area (Å²) in [4.78, 5) is 16.8. The third kappa shape index (κ3) is 5.19. The average molecular weight is 345 g/mol. The van der Waals surface area contributed by atoms with Crippen molar-refractivity contribution in [2.45, 2.75) is 45.7 Å². The highest BCUT2D eigenvalue weighted by Gasteiger charge is 2.20. The van der Waals surface area contributed by atoms with Crippen LogP contribution in [0.1, 0.15) is 37.8 Å². The first-order valence-corrected chi connectivity index (χ1v) is 9.62. The monoisotopic (exact) mass is 345 g/mol. The van der Waals surface area contributed by atoms with E-state index in [1.165, 1.54) is 11.1 Å². The lowest BCUT2D eigenvalue weighted by atomic mass is 10.1. The molecule has 25 heavy (non-hydrogen) atoms. The van der Waals surface area contributed by atoms with Crippen LogP contribution in [0.15, 0.2) is 18.2 Å². The predicted octanol–water partition coefficient (Wildman–Crippen LogP) is 2.04. The number of nitrogens with zero attached hydrogens (tertiary/aromatic N) is 2. The predicted molar refractivity (Wildman–Crippen MR) is 99.9 cm³/mol. The SMILES string of the molecule is CCC[C@H](C)NC(=O)CN1CCN(Cc2ccc3c(c2)CCO3)CC1. The minimum atomic E-state index is 0.160. The van der Waals surface area contributed by atoms with E-state index < -0.39 is 0 Å². The zero-order valence-electron chi connectivity index (χ0n) is 15.6. The zero-order valence-corrected chi connectivity index (χ0v) is 15.6. The fourth-order valence-electron chi connectivity index (χ4n) is 3.73. The van der Waals surface area contributed by atoms with E-state index in [1.807, 2.05) is 0 Å². The van der Waals surface area contributed by atoms with E-state index in [-0.39, 0.29) is 11.9 Å². The van der Waals surface area contributed by atoms with Gasteiger partial charge in [0.05, 0.1) is 13.2 Å². The lowest BCUT2D eigenvalue weighted by Crippen LogP contribution is -2.49. The van der Waals surface area contributed by atoms with Crippen molar-refractivity contribution in [1.29, 1.82) is 0 Å². The second-order valence-electron chi connectivity index (χ2n) is 7.35. The lowest BCUT2D eigenvalue weighted by Gasteiger charge is -2.34. The fourth-order valence-corrected chi connectivity index (χ4v) is 3.73. The maximum atomic E-state index is 12.1. The molecule has 1 N–H and O–H groups in total. The van der Waals surface area contributed by atoms with Crippen LogP contribution < -0.4 is 10.1 Å². The molecule has 2 aliphatic heterocycles. The van der Waals surface area contributed by atoms with E-state index in [1.54, 1.807) is 0 Å². The van der Waals surface area contributed by atoms with E-state index in [9.17, 15) is 4.79 Å². The maximum Gasteiger partial charge on any atom is 0.234 e. The van der Waals surface area contributed by atoms with Gasteiger partial charge < -0.3 is 10.1 Å². The van der Waals surface area contributed by atoms with Crippen LogP contribution in [0.4, 0.5) is 0 Å². The van der Waals surface area contributed by atoms with Gasteiger partial charge in [0.1, 0.15) is 5.75 Å². The summed E-state index contributed by atoms with van der Waals surface area (Å²) in [6.07, 6.45) is 3.18. The summed E-state index contributed by atoms with van der Waals surface area (Å²) in [6.45, 7) is 10.5. The van der Waals surface area contributed by atoms with Gasteiger partial charge in [-0.25, -0.2) is 0 Å². The first-order chi connectivity index (χ1) is 12.1. The number of fused-ring (bicyclic) bond motifs is 1. The minimum Gasteiger partial charge on any atom is -0.493 e. The van der Waals surface area contributed by atoms with Crippen molar-refractivity contribution in [2.24, 2.45) is 0 Å². The molecule has 1 atom stereocenters. The summed E-state index contributed by atoms with van der Waals surface area (Å²) in [7, 11) is 0. The number of hydrogen-bond acceptors (Lipinski definition) is 4. The number of hydrogen-bond donors (Lipinski definition) is 1. The Bertz CT molecular complexity index is 582. The molecular formula is C20H31N3O2. The zero-order chi connectivity index (χ0) is 17.6. The van der Waals surface area contributed by atoms with Crippen LogP contribution in [0.5, 0.6) is 5.75 Å². The van der Waals surface area contributed by atoms with Gasteiger partial charge in [-0.1, -0.05) is 25.5 Å². The summed E-state index contributed by atoms with van der Waals surface area (Å²) in [6, 6.07) is 6.86. The Kier molecular flexibility index (Phi) is 6.32. The van der Waals surface area contributed by atoms with Gasteiger partial charge in [-0.2, -0.15) is 0 Å². The van der Waals surface area contributed by atoms with Gasteiger partial charge in [-0.05, 0) is 30.5 Å². The molecule has 5 heteroatoms. The second-order valence-corrected chi connectivity index (χ2v) is 7.35. The molecule has 0 aromatic heterocycles. The summed E-state index contributed by atoms with van der Waals surface area (Å²) >= 11 is 0. The molecule has 1 aromatic carbocycles. The first kappa shape index (κ1) is 18.2. The van der Waals surface area contributed by atoms with Gasteiger partial charge in [0.15, 0.2) is 0 Å². The first-order valence-electron chi connectivity index (χ1n) is 9.62. The van der Waals surface area contributed by atoms with Crippen molar-refractivity contribution in [3.05, 3.63) is 29.3 Å². The summed E-state index contributed by atoms with van der Waals surface area (Å²) < 4.78 is 5.58. The molecule has 0 unspecified atom stereocenters. The van der Waals surface area contributed by atoms with Crippen LogP contribution in [-0.2, 0) is 17.8 Å². The second kappa shape index (κ2) is 8.68. The number of piperazine rings is 1. The highest BCUT2D eigenvalue weighted by molar-refractivity contribution is 5.78. The maximum absolute atomic E-state index is 12.1. The molecule has 1 saturated heterocycles. The van der Waals surface area contributed by atoms with Crippen molar-refractivity contribution in [2.75, 3.05) is 39.3 Å². The van der Waals surface area contributed by atoms with Crippen LogP contribution in [0.2, 0.25) is 0 Å². The van der Waals surface area contributed by atoms with Crippen LogP contribution in [-0.4, -0.2) is 61.1 Å². The molecule has 0 saturated carbocycles. The molecule has 2 heterocycles. The summed E-state index contributed by atoms with van der Waals surface area (Å²) in [5.41, 5.74) is 2.71. The molecule has 0 spiro atoms. The van der Waals surface area contributed by atoms with Crippen molar-refractivity contribution in [3.8, 4) is 5.75 Å². The molecule has 3 rings (SSSR count). The van der Waals surface area contributed by atoms with Crippen molar-refractivity contribution in [3.63, 3.8) is 0 Å². The molecule has 138 valence electrons. The van der Waals surface area contributed by atoms with Crippen molar-refractivity contribution in [1.82, 2.24) is 15.1 Å². The van der Waals surface area contributed by atoms with Crippen molar-refractivity contribution >= 4 is 5.91 Å². The third-order valence-electron chi connectivity index (χ3n) is 5.12. The summed E-state index contributed by atoms with van der Waals surface area (Å²) in [5.74, 6) is 1.21. The Morgan fingerprint density at radius 1 is 1.24 bits per heavy atom. The van der Waals surface area contributed by atoms with Gasteiger partial charge in [-0.15, -0.1) is 0 Å². The van der Waals surface area contributed by atoms with E-state index in [2.05, 4.69) is 47.2 Å². The Balaban J connectivity index is 1.40. The molecule has 2 aliphatic rings. The van der Waals surface area contributed by atoms with Crippen LogP contribution in [0.25, 0.3) is 0 Å². The molecule has 1 aromatic rings. The standard InChI is InChI=1S/C20H31N3O2/c1-3-4-16(2)21-20(24)15-23-10-8-22(9-11-23)14-17-5-6-19-18(13-17)7-12-25-19/h5-6,13,16H,3-4,7-12,14-15H2,1-2H3,(H,21,24)/t16-/m0/s1. The van der Waals surface area contributed by atoms with Gasteiger partial charge >= 0.3 is 0 Å². The topological polar surface area (TPSA) is 44.8 Å². The van der Waals surface area contributed by atoms with E-state index in [0.29, 0.717) is 6.54 Å². The summed E-state index contributed by atoms with van der Waals surface area (Å²) in [5, 5.41) is 3.10. The highest BCUT2D eigenvalue weighted by atomic mass is 16.5. The number of carbonyl (C=O) groups excluding carboxylic acids is 1. The van der Waals surface area contributed by atoms with Crippen LogP contribution >= 0.6 is 0 Å². The minimum absolute atomic E-state index is 0.160. The molecule has 5 nitrogen and oxygen atoms in total. The molecule has 1 amide bonds. The van der Waals surface area contributed by atoms with E-state index >= 15 is 0 Å². The molecule has 1 fully saturated rings. The highest BCUT2D eigenvalue weighted by Crippen LogP contribution is 2.26. The smallest absolute Gasteiger partial charge is 0.234 e.